The predicted molar refractivity (Wildman–Crippen MR) is 213 cm³/mol. The highest BCUT2D eigenvalue weighted by Gasteiger charge is 2.55. The van der Waals surface area contributed by atoms with Gasteiger partial charge in [-0.2, -0.15) is 0 Å². The number of nitrogens with one attached hydrogen (secondary N) is 4. The Labute approximate surface area is 357 Å². The molecule has 3 saturated heterocycles. The average molecular weight is 876 g/mol. The third kappa shape index (κ3) is 8.22. The summed E-state index contributed by atoms with van der Waals surface area (Å²) >= 11 is 0. The minimum Gasteiger partial charge on any atom is -0.453 e. The number of fused-ring (bicyclic) bond motifs is 2. The van der Waals surface area contributed by atoms with Crippen LogP contribution < -0.4 is 10.6 Å². The molecular weight excluding hydrogens is 819 g/mol. The van der Waals surface area contributed by atoms with Gasteiger partial charge in [0.05, 0.1) is 63.7 Å². The van der Waals surface area contributed by atoms with E-state index in [4.69, 9.17) is 4.74 Å². The molecule has 2 aromatic rings. The van der Waals surface area contributed by atoms with Crippen LogP contribution in [0.15, 0.2) is 24.7 Å². The number of halogens is 4. The van der Waals surface area contributed by atoms with E-state index < -0.39 is 85.9 Å². The number of carbonyl (C=O) groups is 4. The van der Waals surface area contributed by atoms with Crippen molar-refractivity contribution in [3.05, 3.63) is 47.7 Å². The lowest BCUT2D eigenvalue weighted by Crippen LogP contribution is -2.62. The van der Waals surface area contributed by atoms with Crippen molar-refractivity contribution in [2.45, 2.75) is 145 Å². The van der Waals surface area contributed by atoms with E-state index in [0.29, 0.717) is 6.42 Å². The predicted octanol–water partition coefficient (Wildman–Crippen LogP) is 5.51. The molecule has 6 heterocycles. The van der Waals surface area contributed by atoms with Crippen LogP contribution in [0.3, 0.4) is 0 Å². The molecule has 4 aliphatic heterocycles. The summed E-state index contributed by atoms with van der Waals surface area (Å²) in [7, 11) is 2.35. The van der Waals surface area contributed by atoms with Gasteiger partial charge in [0.2, 0.25) is 11.8 Å². The van der Waals surface area contributed by atoms with Crippen LogP contribution >= 0.6 is 0 Å². The molecule has 62 heavy (non-hydrogen) atoms. The molecule has 0 aromatic carbocycles. The second-order valence-corrected chi connectivity index (χ2v) is 18.6. The van der Waals surface area contributed by atoms with Crippen molar-refractivity contribution in [3.8, 4) is 0 Å². The van der Waals surface area contributed by atoms with E-state index in [2.05, 4.69) is 57.2 Å². The summed E-state index contributed by atoms with van der Waals surface area (Å²) in [4.78, 5) is 71.8. The van der Waals surface area contributed by atoms with E-state index in [0.717, 1.165) is 46.9 Å². The van der Waals surface area contributed by atoms with Crippen LogP contribution in [0.2, 0.25) is 0 Å². The van der Waals surface area contributed by atoms with Crippen molar-refractivity contribution in [1.82, 2.24) is 45.3 Å². The zero-order chi connectivity index (χ0) is 44.4. The zero-order valence-corrected chi connectivity index (χ0v) is 35.8. The Morgan fingerprint density at radius 3 is 1.84 bits per heavy atom. The SMILES string of the molecule is COC(=O)NC(C(=O)N1CC(F)(F)CC1c1ncc(C2CCC3C(C2)OC2CCC(c4cnc(C5CC(F)(F)CN5C(=O)C(NC(=O)OC)C(C)C)[nH]4)C4C=CN3C24)[nH]1)C(C)C. The van der Waals surface area contributed by atoms with Gasteiger partial charge in [-0.15, -0.1) is 0 Å². The largest absolute Gasteiger partial charge is 0.453 e. The molecule has 11 unspecified atom stereocenters. The third-order valence-electron chi connectivity index (χ3n) is 13.9. The molecule has 2 aromatic heterocycles. The smallest absolute Gasteiger partial charge is 0.407 e. The quantitative estimate of drug-likeness (QED) is 0.222. The first-order chi connectivity index (χ1) is 29.4. The minimum atomic E-state index is -3.14. The number of methoxy groups -OCH3 is 2. The Morgan fingerprint density at radius 2 is 1.31 bits per heavy atom. The lowest BCUT2D eigenvalue weighted by Gasteiger charge is -2.54. The van der Waals surface area contributed by atoms with E-state index in [1.54, 1.807) is 40.1 Å². The highest BCUT2D eigenvalue weighted by molar-refractivity contribution is 5.87. The van der Waals surface area contributed by atoms with Gasteiger partial charge in [-0.1, -0.05) is 33.8 Å². The van der Waals surface area contributed by atoms with Crippen molar-refractivity contribution < 1.29 is 51.0 Å². The van der Waals surface area contributed by atoms with Crippen LogP contribution in [-0.2, 0) is 23.8 Å². The Morgan fingerprint density at radius 1 is 0.774 bits per heavy atom. The van der Waals surface area contributed by atoms with Gasteiger partial charge in [0.15, 0.2) is 0 Å². The number of imidazole rings is 2. The van der Waals surface area contributed by atoms with Crippen LogP contribution in [0.4, 0.5) is 27.2 Å². The fourth-order valence-electron chi connectivity index (χ4n) is 10.9. The maximum Gasteiger partial charge on any atom is 0.407 e. The van der Waals surface area contributed by atoms with Crippen molar-refractivity contribution in [1.29, 1.82) is 0 Å². The molecule has 4 N–H and O–H groups in total. The molecule has 340 valence electrons. The number of hydrogen-bond donors (Lipinski definition) is 4. The van der Waals surface area contributed by atoms with Crippen LogP contribution in [0.1, 0.15) is 120 Å². The van der Waals surface area contributed by atoms with Crippen molar-refractivity contribution in [2.75, 3.05) is 27.3 Å². The number of ether oxygens (including phenoxy) is 3. The van der Waals surface area contributed by atoms with E-state index >= 15 is 0 Å². The number of alkyl carbamates (subject to hydrolysis) is 2. The van der Waals surface area contributed by atoms with Crippen molar-refractivity contribution >= 4 is 24.0 Å². The molecule has 20 heteroatoms. The highest BCUT2D eigenvalue weighted by Crippen LogP contribution is 2.52. The number of rotatable bonds is 10. The summed E-state index contributed by atoms with van der Waals surface area (Å²) in [6.45, 7) is 5.32. The van der Waals surface area contributed by atoms with Crippen molar-refractivity contribution in [3.63, 3.8) is 0 Å². The Kier molecular flexibility index (Phi) is 11.8. The van der Waals surface area contributed by atoms with E-state index in [1.807, 2.05) is 0 Å². The first-order valence-electron chi connectivity index (χ1n) is 21.6. The molecule has 11 atom stereocenters. The first kappa shape index (κ1) is 43.8. The van der Waals surface area contributed by atoms with Gasteiger partial charge in [-0.3, -0.25) is 9.59 Å². The number of alkyl halides is 4. The molecule has 0 radical (unpaired) electrons. The van der Waals surface area contributed by atoms with Gasteiger partial charge in [0.25, 0.3) is 11.8 Å². The van der Waals surface area contributed by atoms with Gasteiger partial charge in [0, 0.05) is 54.4 Å². The van der Waals surface area contributed by atoms with Gasteiger partial charge in [-0.05, 0) is 50.1 Å². The fourth-order valence-corrected chi connectivity index (χ4v) is 10.9. The Bertz CT molecular complexity index is 2040. The number of aromatic nitrogens is 4. The maximum absolute atomic E-state index is 15.0. The highest BCUT2D eigenvalue weighted by atomic mass is 19.3. The second kappa shape index (κ2) is 16.7. The number of hydrogen-bond acceptors (Lipinski definition) is 10. The minimum absolute atomic E-state index is 0.00981. The van der Waals surface area contributed by atoms with E-state index in [1.165, 1.54) is 14.2 Å². The summed E-state index contributed by atoms with van der Waals surface area (Å²) in [5.41, 5.74) is 1.61. The summed E-state index contributed by atoms with van der Waals surface area (Å²) in [5, 5.41) is 5.00. The van der Waals surface area contributed by atoms with Gasteiger partial charge in [0.1, 0.15) is 23.7 Å². The molecule has 2 saturated carbocycles. The van der Waals surface area contributed by atoms with Gasteiger partial charge in [-0.25, -0.2) is 37.1 Å². The van der Waals surface area contributed by atoms with Crippen LogP contribution in [0.25, 0.3) is 0 Å². The summed E-state index contributed by atoms with van der Waals surface area (Å²) < 4.78 is 76.2. The molecule has 0 spiro atoms. The van der Waals surface area contributed by atoms with E-state index in [9.17, 15) is 36.7 Å². The number of amides is 4. The van der Waals surface area contributed by atoms with Crippen LogP contribution in [0, 0.1) is 17.8 Å². The summed E-state index contributed by atoms with van der Waals surface area (Å²) in [6.07, 6.45) is 8.57. The molecule has 5 fully saturated rings. The molecule has 6 aliphatic rings. The maximum atomic E-state index is 15.0. The Balaban J connectivity index is 0.931. The normalized spacial score (nSPS) is 31.7. The van der Waals surface area contributed by atoms with Crippen LogP contribution in [-0.4, -0.2) is 134 Å². The number of morpholine rings is 1. The van der Waals surface area contributed by atoms with Gasteiger partial charge < -0.3 is 49.5 Å². The van der Waals surface area contributed by atoms with E-state index in [-0.39, 0.29) is 65.5 Å². The summed E-state index contributed by atoms with van der Waals surface area (Å²) in [5.74, 6) is -7.62. The second-order valence-electron chi connectivity index (χ2n) is 18.6. The molecule has 0 bridgehead atoms. The Hall–Kier alpha value is -4.88. The number of H-pyrrole nitrogens is 2. The third-order valence-corrected chi connectivity index (χ3v) is 13.9. The number of nitrogens with zero attached hydrogens (tertiary/aromatic N) is 5. The average Bonchev–Trinajstić information content (AvgIpc) is 4.08. The number of carbonyl (C=O) groups excluding carboxylic acids is 4. The zero-order valence-electron chi connectivity index (χ0n) is 35.8. The molecular formula is C42H57F4N9O7. The van der Waals surface area contributed by atoms with Crippen LogP contribution in [0.5, 0.6) is 0 Å². The van der Waals surface area contributed by atoms with Crippen molar-refractivity contribution in [2.24, 2.45) is 17.8 Å². The number of aromatic amines is 2. The first-order valence-corrected chi connectivity index (χ1v) is 21.6. The summed E-state index contributed by atoms with van der Waals surface area (Å²) in [6, 6.07) is -3.95. The standard InChI is InChI=1S/C42H57F4N9O7/c1-20(2)32(51-39(58)60-5)37(56)54-18-41(43,44)14-28(54)35-47-16-25(49-35)22-7-9-27-31(13-22)62-30-10-8-23(24-11-12-53(27)34(24)30)26-17-48-36(50-26)29-15-42(45,46)19-55(29)38(57)33(21(3)4)52-40(59)61-6/h11-12,16-17,20-24,27-34H,7-10,13-15,18-19H2,1-6H3,(H,47,49)(H,48,50)(H,51,58)(H,52,59). The monoisotopic (exact) mass is 875 g/mol. The molecule has 4 amide bonds. The lowest BCUT2D eigenvalue weighted by atomic mass is 9.71. The molecule has 2 aliphatic carbocycles. The molecule has 8 rings (SSSR count). The molecule has 16 nitrogen and oxygen atoms in total. The number of likely N-dealkylation sites (tertiary alicyclic amines) is 2. The van der Waals surface area contributed by atoms with Gasteiger partial charge >= 0.3 is 12.2 Å². The lowest BCUT2D eigenvalue weighted by molar-refractivity contribution is -0.168. The fraction of sp³-hybridized carbons (Fsp3) is 0.714. The topological polar surface area (TPSA) is 187 Å².